The van der Waals surface area contributed by atoms with Crippen molar-refractivity contribution in [1.29, 1.82) is 0 Å². The smallest absolute Gasteiger partial charge is 0.244 e. The minimum absolute atomic E-state index is 0.280. The maximum atomic E-state index is 12.2. The van der Waals surface area contributed by atoms with Gasteiger partial charge in [-0.1, -0.05) is 6.92 Å². The highest BCUT2D eigenvalue weighted by molar-refractivity contribution is 7.89. The minimum atomic E-state index is -3.46. The van der Waals surface area contributed by atoms with Gasteiger partial charge in [0.05, 0.1) is 11.4 Å². The largest absolute Gasteiger partial charge is 0.299 e. The zero-order valence-electron chi connectivity index (χ0n) is 11.7. The van der Waals surface area contributed by atoms with E-state index < -0.39 is 10.0 Å². The number of aryl methyl sites for hydroxylation is 2. The van der Waals surface area contributed by atoms with Gasteiger partial charge in [-0.3, -0.25) is 10.00 Å². The molecule has 0 atom stereocenters. The van der Waals surface area contributed by atoms with E-state index >= 15 is 0 Å². The second-order valence-corrected chi connectivity index (χ2v) is 6.72. The Labute approximate surface area is 114 Å². The summed E-state index contributed by atoms with van der Waals surface area (Å²) in [6, 6.07) is 0.659. The zero-order chi connectivity index (χ0) is 14.0. The Morgan fingerprint density at radius 2 is 2.11 bits per heavy atom. The highest BCUT2D eigenvalue weighted by Gasteiger charge is 2.28. The summed E-state index contributed by atoms with van der Waals surface area (Å²) in [5.41, 5.74) is 1.10. The molecule has 19 heavy (non-hydrogen) atoms. The molecule has 1 fully saturated rings. The summed E-state index contributed by atoms with van der Waals surface area (Å²) in [7, 11) is -3.46. The molecule has 0 aromatic carbocycles. The molecule has 0 amide bonds. The third kappa shape index (κ3) is 3.34. The molecule has 0 aliphatic heterocycles. The van der Waals surface area contributed by atoms with Crippen molar-refractivity contribution in [3.8, 4) is 0 Å². The second kappa shape index (κ2) is 5.60. The van der Waals surface area contributed by atoms with E-state index in [2.05, 4.69) is 26.7 Å². The minimum Gasteiger partial charge on any atom is -0.299 e. The standard InChI is InChI=1S/C12H22N4O2S/c1-4-16(11-5-6-11)8-7-13-19(17,18)12-9(2)14-15-10(12)3/h11,13H,4-8H2,1-3H3,(H,14,15). The van der Waals surface area contributed by atoms with E-state index in [9.17, 15) is 8.42 Å². The quantitative estimate of drug-likeness (QED) is 0.777. The van der Waals surface area contributed by atoms with Crippen LogP contribution in [0.1, 0.15) is 31.2 Å². The molecule has 0 saturated heterocycles. The second-order valence-electron chi connectivity index (χ2n) is 5.02. The van der Waals surface area contributed by atoms with Crippen LogP contribution in [0.5, 0.6) is 0 Å². The topological polar surface area (TPSA) is 78.1 Å². The highest BCUT2D eigenvalue weighted by atomic mass is 32.2. The Balaban J connectivity index is 1.94. The summed E-state index contributed by atoms with van der Waals surface area (Å²) in [6.45, 7) is 7.69. The number of rotatable bonds is 7. The van der Waals surface area contributed by atoms with Gasteiger partial charge in [0.25, 0.3) is 0 Å². The van der Waals surface area contributed by atoms with Crippen molar-refractivity contribution in [2.45, 2.75) is 44.6 Å². The molecule has 0 bridgehead atoms. The third-order valence-corrected chi connectivity index (χ3v) is 5.21. The van der Waals surface area contributed by atoms with Gasteiger partial charge in [0.2, 0.25) is 10.0 Å². The number of hydrogen-bond acceptors (Lipinski definition) is 4. The predicted molar refractivity (Wildman–Crippen MR) is 73.5 cm³/mol. The van der Waals surface area contributed by atoms with E-state index in [0.29, 0.717) is 24.0 Å². The average molecular weight is 286 g/mol. The van der Waals surface area contributed by atoms with E-state index in [-0.39, 0.29) is 4.90 Å². The number of nitrogens with zero attached hydrogens (tertiary/aromatic N) is 2. The number of aromatic nitrogens is 2. The van der Waals surface area contributed by atoms with Crippen LogP contribution in [0.2, 0.25) is 0 Å². The van der Waals surface area contributed by atoms with Crippen molar-refractivity contribution < 1.29 is 8.42 Å². The van der Waals surface area contributed by atoms with Crippen LogP contribution in [-0.4, -0.2) is 49.2 Å². The summed E-state index contributed by atoms with van der Waals surface area (Å²) >= 11 is 0. The third-order valence-electron chi connectivity index (χ3n) is 3.49. The molecular formula is C12H22N4O2S. The first-order valence-corrected chi connectivity index (χ1v) is 8.19. The molecule has 1 saturated carbocycles. The fourth-order valence-corrected chi connectivity index (χ4v) is 3.76. The van der Waals surface area contributed by atoms with Crippen LogP contribution >= 0.6 is 0 Å². The monoisotopic (exact) mass is 286 g/mol. The maximum absolute atomic E-state index is 12.2. The van der Waals surface area contributed by atoms with E-state index in [1.165, 1.54) is 12.8 Å². The Bertz CT molecular complexity index is 514. The summed E-state index contributed by atoms with van der Waals surface area (Å²) in [5, 5.41) is 6.63. The first-order valence-electron chi connectivity index (χ1n) is 6.71. The van der Waals surface area contributed by atoms with Gasteiger partial charge in [-0.2, -0.15) is 5.10 Å². The molecule has 1 aromatic rings. The van der Waals surface area contributed by atoms with Gasteiger partial charge < -0.3 is 0 Å². The van der Waals surface area contributed by atoms with Crippen molar-refractivity contribution in [2.75, 3.05) is 19.6 Å². The summed E-state index contributed by atoms with van der Waals surface area (Å²) < 4.78 is 27.1. The molecule has 2 rings (SSSR count). The number of hydrogen-bond donors (Lipinski definition) is 2. The fraction of sp³-hybridized carbons (Fsp3) is 0.750. The van der Waals surface area contributed by atoms with Gasteiger partial charge in [-0.25, -0.2) is 13.1 Å². The Morgan fingerprint density at radius 3 is 2.58 bits per heavy atom. The first-order chi connectivity index (χ1) is 8.95. The van der Waals surface area contributed by atoms with Gasteiger partial charge in [0.15, 0.2) is 0 Å². The van der Waals surface area contributed by atoms with Crippen LogP contribution in [0.4, 0.5) is 0 Å². The normalized spacial score (nSPS) is 16.2. The summed E-state index contributed by atoms with van der Waals surface area (Å²) in [5.74, 6) is 0. The predicted octanol–water partition coefficient (Wildman–Crippen LogP) is 0.789. The molecule has 1 aliphatic carbocycles. The molecule has 2 N–H and O–H groups in total. The molecule has 6 nitrogen and oxygen atoms in total. The number of sulfonamides is 1. The molecule has 0 unspecified atom stereocenters. The number of nitrogens with one attached hydrogen (secondary N) is 2. The van der Waals surface area contributed by atoms with Crippen LogP contribution in [0, 0.1) is 13.8 Å². The van der Waals surface area contributed by atoms with Crippen molar-refractivity contribution in [3.05, 3.63) is 11.4 Å². The first kappa shape index (κ1) is 14.5. The summed E-state index contributed by atoms with van der Waals surface area (Å²) in [6.07, 6.45) is 2.47. The Kier molecular flexibility index (Phi) is 4.27. The van der Waals surface area contributed by atoms with E-state index in [1.807, 2.05) is 0 Å². The SMILES string of the molecule is CCN(CCNS(=O)(=O)c1c(C)n[nH]c1C)C1CC1. The van der Waals surface area contributed by atoms with E-state index in [4.69, 9.17) is 0 Å². The zero-order valence-corrected chi connectivity index (χ0v) is 12.5. The van der Waals surface area contributed by atoms with Crippen LogP contribution in [0.3, 0.4) is 0 Å². The van der Waals surface area contributed by atoms with Crippen LogP contribution in [0.25, 0.3) is 0 Å². The van der Waals surface area contributed by atoms with Crippen molar-refractivity contribution in [2.24, 2.45) is 0 Å². The number of H-pyrrole nitrogens is 1. The molecule has 108 valence electrons. The van der Waals surface area contributed by atoms with Crippen LogP contribution < -0.4 is 4.72 Å². The highest BCUT2D eigenvalue weighted by Crippen LogP contribution is 2.26. The van der Waals surface area contributed by atoms with Gasteiger partial charge in [0.1, 0.15) is 4.90 Å². The van der Waals surface area contributed by atoms with Gasteiger partial charge >= 0.3 is 0 Å². The molecular weight excluding hydrogens is 264 g/mol. The lowest BCUT2D eigenvalue weighted by Crippen LogP contribution is -2.36. The van der Waals surface area contributed by atoms with Crippen molar-refractivity contribution in [1.82, 2.24) is 19.8 Å². The van der Waals surface area contributed by atoms with Gasteiger partial charge in [-0.15, -0.1) is 0 Å². The molecule has 1 heterocycles. The Morgan fingerprint density at radius 1 is 1.42 bits per heavy atom. The van der Waals surface area contributed by atoms with Crippen molar-refractivity contribution in [3.63, 3.8) is 0 Å². The number of aromatic amines is 1. The average Bonchev–Trinajstić information content (AvgIpc) is 3.11. The van der Waals surface area contributed by atoms with Gasteiger partial charge in [-0.05, 0) is 33.2 Å². The van der Waals surface area contributed by atoms with E-state index in [0.717, 1.165) is 13.1 Å². The summed E-state index contributed by atoms with van der Waals surface area (Å²) in [4.78, 5) is 2.60. The molecule has 0 spiro atoms. The lowest BCUT2D eigenvalue weighted by Gasteiger charge is -2.19. The van der Waals surface area contributed by atoms with Crippen LogP contribution in [0.15, 0.2) is 4.90 Å². The molecule has 0 radical (unpaired) electrons. The number of likely N-dealkylation sites (N-methyl/N-ethyl adjacent to an activating group) is 1. The van der Waals surface area contributed by atoms with E-state index in [1.54, 1.807) is 13.8 Å². The molecule has 1 aliphatic rings. The van der Waals surface area contributed by atoms with Gasteiger partial charge in [0, 0.05) is 19.1 Å². The maximum Gasteiger partial charge on any atom is 0.244 e. The fourth-order valence-electron chi connectivity index (χ4n) is 2.37. The van der Waals surface area contributed by atoms with Crippen molar-refractivity contribution >= 4 is 10.0 Å². The lowest BCUT2D eigenvalue weighted by atomic mass is 10.4. The molecule has 1 aromatic heterocycles. The Hall–Kier alpha value is -0.920. The van der Waals surface area contributed by atoms with Crippen LogP contribution in [-0.2, 0) is 10.0 Å². The molecule has 7 heteroatoms. The lowest BCUT2D eigenvalue weighted by molar-refractivity contribution is 0.282.